The average molecular weight is 291 g/mol. The van der Waals surface area contributed by atoms with Crippen LogP contribution in [0.2, 0.25) is 5.02 Å². The van der Waals surface area contributed by atoms with Crippen molar-refractivity contribution in [3.05, 3.63) is 59.4 Å². The lowest BCUT2D eigenvalue weighted by Crippen LogP contribution is -2.31. The summed E-state index contributed by atoms with van der Waals surface area (Å²) in [7, 11) is 0. The fourth-order valence-corrected chi connectivity index (χ4v) is 1.88. The van der Waals surface area contributed by atoms with Gasteiger partial charge in [-0.15, -0.1) is 0 Å². The SMILES string of the molecule is CC(NC(=O)COc1ccccc1Cl)c1ccccn1. The fourth-order valence-electron chi connectivity index (χ4n) is 1.69. The van der Waals surface area contributed by atoms with Crippen LogP contribution >= 0.6 is 11.6 Å². The molecule has 1 unspecified atom stereocenters. The highest BCUT2D eigenvalue weighted by Gasteiger charge is 2.11. The Morgan fingerprint density at radius 3 is 2.75 bits per heavy atom. The number of carbonyl (C=O) groups is 1. The van der Waals surface area contributed by atoms with E-state index in [2.05, 4.69) is 10.3 Å². The van der Waals surface area contributed by atoms with E-state index >= 15 is 0 Å². The Bertz CT molecular complexity index is 575. The predicted molar refractivity (Wildman–Crippen MR) is 77.7 cm³/mol. The van der Waals surface area contributed by atoms with Crippen molar-refractivity contribution in [2.75, 3.05) is 6.61 Å². The van der Waals surface area contributed by atoms with Crippen LogP contribution in [0.1, 0.15) is 18.7 Å². The molecule has 0 aliphatic carbocycles. The first-order chi connectivity index (χ1) is 9.66. The van der Waals surface area contributed by atoms with Crippen molar-refractivity contribution in [1.82, 2.24) is 10.3 Å². The third-order valence-corrected chi connectivity index (χ3v) is 3.02. The number of hydrogen-bond acceptors (Lipinski definition) is 3. The van der Waals surface area contributed by atoms with Crippen molar-refractivity contribution < 1.29 is 9.53 Å². The van der Waals surface area contributed by atoms with Crippen LogP contribution in [0.25, 0.3) is 0 Å². The molecule has 0 aliphatic rings. The molecule has 0 saturated carbocycles. The van der Waals surface area contributed by atoms with Gasteiger partial charge in [0.25, 0.3) is 5.91 Å². The number of halogens is 1. The number of nitrogens with zero attached hydrogens (tertiary/aromatic N) is 1. The molecule has 0 spiro atoms. The van der Waals surface area contributed by atoms with Gasteiger partial charge in [-0.1, -0.05) is 29.8 Å². The van der Waals surface area contributed by atoms with Gasteiger partial charge in [0.2, 0.25) is 0 Å². The number of benzene rings is 1. The molecular weight excluding hydrogens is 276 g/mol. The summed E-state index contributed by atoms with van der Waals surface area (Å²) in [5.74, 6) is 0.276. The van der Waals surface area contributed by atoms with Gasteiger partial charge in [0, 0.05) is 6.20 Å². The zero-order valence-corrected chi connectivity index (χ0v) is 11.8. The maximum absolute atomic E-state index is 11.8. The Kier molecular flexibility index (Phi) is 4.96. The molecule has 20 heavy (non-hydrogen) atoms. The summed E-state index contributed by atoms with van der Waals surface area (Å²) in [6.07, 6.45) is 1.69. The van der Waals surface area contributed by atoms with Gasteiger partial charge in [0.1, 0.15) is 5.75 Å². The van der Waals surface area contributed by atoms with Crippen LogP contribution < -0.4 is 10.1 Å². The maximum atomic E-state index is 11.8. The zero-order chi connectivity index (χ0) is 14.4. The molecule has 0 aliphatic heterocycles. The molecule has 1 atom stereocenters. The molecule has 1 heterocycles. The van der Waals surface area contributed by atoms with Crippen molar-refractivity contribution in [2.24, 2.45) is 0 Å². The van der Waals surface area contributed by atoms with Gasteiger partial charge in [0.15, 0.2) is 6.61 Å². The number of pyridine rings is 1. The second kappa shape index (κ2) is 6.91. The standard InChI is InChI=1S/C15H15ClN2O2/c1-11(13-7-4-5-9-17-13)18-15(19)10-20-14-8-3-2-6-12(14)16/h2-9,11H,10H2,1H3,(H,18,19). The van der Waals surface area contributed by atoms with E-state index in [9.17, 15) is 4.79 Å². The van der Waals surface area contributed by atoms with E-state index in [4.69, 9.17) is 16.3 Å². The molecular formula is C15H15ClN2O2. The Morgan fingerprint density at radius 1 is 1.30 bits per heavy atom. The van der Waals surface area contributed by atoms with Gasteiger partial charge in [-0.3, -0.25) is 9.78 Å². The lowest BCUT2D eigenvalue weighted by molar-refractivity contribution is -0.123. The molecule has 0 radical (unpaired) electrons. The van der Waals surface area contributed by atoms with Crippen LogP contribution in [0, 0.1) is 0 Å². The maximum Gasteiger partial charge on any atom is 0.258 e. The van der Waals surface area contributed by atoms with Gasteiger partial charge in [0.05, 0.1) is 16.8 Å². The van der Waals surface area contributed by atoms with Crippen molar-refractivity contribution in [1.29, 1.82) is 0 Å². The number of amides is 1. The predicted octanol–water partition coefficient (Wildman–Crippen LogP) is 2.99. The van der Waals surface area contributed by atoms with E-state index in [0.29, 0.717) is 10.8 Å². The summed E-state index contributed by atoms with van der Waals surface area (Å²) in [5, 5.41) is 3.30. The Labute approximate surface area is 122 Å². The minimum Gasteiger partial charge on any atom is -0.482 e. The van der Waals surface area contributed by atoms with Crippen molar-refractivity contribution >= 4 is 17.5 Å². The first kappa shape index (κ1) is 14.3. The minimum atomic E-state index is -0.219. The quantitative estimate of drug-likeness (QED) is 0.921. The second-order valence-corrected chi connectivity index (χ2v) is 4.67. The Hall–Kier alpha value is -2.07. The molecule has 0 bridgehead atoms. The van der Waals surface area contributed by atoms with E-state index in [1.165, 1.54) is 0 Å². The number of hydrogen-bond donors (Lipinski definition) is 1. The van der Waals surface area contributed by atoms with E-state index in [0.717, 1.165) is 5.69 Å². The summed E-state index contributed by atoms with van der Waals surface area (Å²) < 4.78 is 5.37. The molecule has 0 fully saturated rings. The second-order valence-electron chi connectivity index (χ2n) is 4.26. The van der Waals surface area contributed by atoms with Gasteiger partial charge in [-0.2, -0.15) is 0 Å². The average Bonchev–Trinajstić information content (AvgIpc) is 2.47. The summed E-state index contributed by atoms with van der Waals surface area (Å²) in [6.45, 7) is 1.79. The third kappa shape index (κ3) is 3.96. The molecule has 1 aromatic heterocycles. The van der Waals surface area contributed by atoms with Crippen LogP contribution in [0.4, 0.5) is 0 Å². The van der Waals surface area contributed by atoms with Gasteiger partial charge < -0.3 is 10.1 Å². The largest absolute Gasteiger partial charge is 0.482 e. The number of carbonyl (C=O) groups excluding carboxylic acids is 1. The van der Waals surface area contributed by atoms with Crippen molar-refractivity contribution in [3.63, 3.8) is 0 Å². The van der Waals surface area contributed by atoms with E-state index < -0.39 is 0 Å². The van der Waals surface area contributed by atoms with Crippen LogP contribution in [0.5, 0.6) is 5.75 Å². The molecule has 5 heteroatoms. The molecule has 1 aromatic carbocycles. The molecule has 1 N–H and O–H groups in total. The smallest absolute Gasteiger partial charge is 0.258 e. The van der Waals surface area contributed by atoms with Crippen molar-refractivity contribution in [3.8, 4) is 5.75 Å². The monoisotopic (exact) mass is 290 g/mol. The normalized spacial score (nSPS) is 11.7. The first-order valence-electron chi connectivity index (χ1n) is 6.24. The number of rotatable bonds is 5. The molecule has 2 rings (SSSR count). The summed E-state index contributed by atoms with van der Waals surface area (Å²) >= 11 is 5.94. The summed E-state index contributed by atoms with van der Waals surface area (Å²) in [4.78, 5) is 16.0. The number of ether oxygens (including phenoxy) is 1. The number of nitrogens with one attached hydrogen (secondary N) is 1. The highest BCUT2D eigenvalue weighted by molar-refractivity contribution is 6.32. The fraction of sp³-hybridized carbons (Fsp3) is 0.200. The Morgan fingerprint density at radius 2 is 2.05 bits per heavy atom. The lowest BCUT2D eigenvalue weighted by atomic mass is 10.2. The molecule has 0 saturated heterocycles. The molecule has 1 amide bonds. The van der Waals surface area contributed by atoms with E-state index in [1.54, 1.807) is 30.5 Å². The van der Waals surface area contributed by atoms with Crippen LogP contribution in [-0.2, 0) is 4.79 Å². The minimum absolute atomic E-state index is 0.0824. The zero-order valence-electron chi connectivity index (χ0n) is 11.0. The van der Waals surface area contributed by atoms with Crippen LogP contribution in [0.3, 0.4) is 0 Å². The highest BCUT2D eigenvalue weighted by Crippen LogP contribution is 2.22. The third-order valence-electron chi connectivity index (χ3n) is 2.70. The Balaban J connectivity index is 1.86. The summed E-state index contributed by atoms with van der Waals surface area (Å²) in [6, 6.07) is 12.4. The van der Waals surface area contributed by atoms with E-state index in [1.807, 2.05) is 25.1 Å². The highest BCUT2D eigenvalue weighted by atomic mass is 35.5. The van der Waals surface area contributed by atoms with Gasteiger partial charge >= 0.3 is 0 Å². The molecule has 104 valence electrons. The van der Waals surface area contributed by atoms with E-state index in [-0.39, 0.29) is 18.6 Å². The molecule has 2 aromatic rings. The topological polar surface area (TPSA) is 51.2 Å². The number of aromatic nitrogens is 1. The number of para-hydroxylation sites is 1. The van der Waals surface area contributed by atoms with Crippen LogP contribution in [-0.4, -0.2) is 17.5 Å². The van der Waals surface area contributed by atoms with Crippen molar-refractivity contribution in [2.45, 2.75) is 13.0 Å². The van der Waals surface area contributed by atoms with Gasteiger partial charge in [-0.05, 0) is 31.2 Å². The first-order valence-corrected chi connectivity index (χ1v) is 6.62. The summed E-state index contributed by atoms with van der Waals surface area (Å²) in [5.41, 5.74) is 0.804. The molecule has 4 nitrogen and oxygen atoms in total. The van der Waals surface area contributed by atoms with Crippen LogP contribution in [0.15, 0.2) is 48.7 Å². The lowest BCUT2D eigenvalue weighted by Gasteiger charge is -2.14. The van der Waals surface area contributed by atoms with Gasteiger partial charge in [-0.25, -0.2) is 0 Å².